The summed E-state index contributed by atoms with van der Waals surface area (Å²) in [7, 11) is 0. The molecule has 0 aliphatic rings. The number of rotatable bonds is 7. The van der Waals surface area contributed by atoms with Gasteiger partial charge in [0.1, 0.15) is 0 Å². The van der Waals surface area contributed by atoms with Crippen molar-refractivity contribution in [3.63, 3.8) is 0 Å². The molecule has 2 nitrogen and oxygen atoms in total. The second-order valence-corrected chi connectivity index (χ2v) is 5.70. The molecule has 0 saturated carbocycles. The maximum Gasteiger partial charge on any atom is 0.0845 e. The minimum atomic E-state index is -0.187. The molecule has 114 valence electrons. The minimum absolute atomic E-state index is 0.187. The highest BCUT2D eigenvalue weighted by Gasteiger charge is 2.33. The fourth-order valence-corrected chi connectivity index (χ4v) is 3.00. The second kappa shape index (κ2) is 7.06. The number of benzene rings is 2. The molecular formula is C19H27NO. The summed E-state index contributed by atoms with van der Waals surface area (Å²) in [5.41, 5.74) is 1.11. The Morgan fingerprint density at radius 2 is 1.76 bits per heavy atom. The summed E-state index contributed by atoms with van der Waals surface area (Å²) >= 11 is 0. The van der Waals surface area contributed by atoms with Crippen LogP contribution in [-0.2, 0) is 4.74 Å². The van der Waals surface area contributed by atoms with Gasteiger partial charge in [-0.2, -0.15) is 0 Å². The number of hydrogen-bond donors (Lipinski definition) is 1. The third-order valence-electron chi connectivity index (χ3n) is 4.30. The van der Waals surface area contributed by atoms with E-state index in [1.54, 1.807) is 0 Å². The lowest BCUT2D eigenvalue weighted by atomic mass is 9.86. The Balaban J connectivity index is 2.43. The third kappa shape index (κ3) is 3.45. The molecule has 0 fully saturated rings. The van der Waals surface area contributed by atoms with Crippen LogP contribution in [0.3, 0.4) is 0 Å². The van der Waals surface area contributed by atoms with Gasteiger partial charge in [0, 0.05) is 6.61 Å². The average Bonchev–Trinajstić information content (AvgIpc) is 2.52. The highest BCUT2D eigenvalue weighted by atomic mass is 16.5. The van der Waals surface area contributed by atoms with E-state index in [2.05, 4.69) is 75.5 Å². The number of likely N-dealkylation sites (N-methyl/N-ethyl adjacent to an activating group) is 1. The molecule has 0 aliphatic heterocycles. The monoisotopic (exact) mass is 285 g/mol. The molecule has 21 heavy (non-hydrogen) atoms. The van der Waals surface area contributed by atoms with Crippen LogP contribution in [-0.4, -0.2) is 18.8 Å². The predicted octanol–water partition coefficient (Wildman–Crippen LogP) is 4.70. The van der Waals surface area contributed by atoms with Crippen LogP contribution in [0, 0.1) is 0 Å². The van der Waals surface area contributed by atoms with E-state index in [4.69, 9.17) is 4.74 Å². The Morgan fingerprint density at radius 3 is 2.38 bits per heavy atom. The van der Waals surface area contributed by atoms with Gasteiger partial charge in [0.25, 0.3) is 0 Å². The normalized spacial score (nSPS) is 15.8. The highest BCUT2D eigenvalue weighted by Crippen LogP contribution is 2.33. The number of hydrogen-bond acceptors (Lipinski definition) is 2. The molecule has 2 aromatic rings. The average molecular weight is 285 g/mol. The molecule has 2 aromatic carbocycles. The van der Waals surface area contributed by atoms with Crippen molar-refractivity contribution in [2.75, 3.05) is 13.2 Å². The first-order valence-corrected chi connectivity index (χ1v) is 8.00. The van der Waals surface area contributed by atoms with Gasteiger partial charge in [0.2, 0.25) is 0 Å². The summed E-state index contributed by atoms with van der Waals surface area (Å²) in [5, 5.41) is 6.18. The van der Waals surface area contributed by atoms with Gasteiger partial charge in [0.15, 0.2) is 0 Å². The van der Waals surface area contributed by atoms with Crippen molar-refractivity contribution in [1.29, 1.82) is 0 Å². The fourth-order valence-electron chi connectivity index (χ4n) is 3.00. The predicted molar refractivity (Wildman–Crippen MR) is 90.7 cm³/mol. The molecule has 2 heteroatoms. The Bertz CT molecular complexity index is 581. The molecular weight excluding hydrogens is 258 g/mol. The largest absolute Gasteiger partial charge is 0.374 e. The lowest BCUT2D eigenvalue weighted by molar-refractivity contribution is -0.0559. The number of nitrogens with one attached hydrogen (secondary N) is 1. The molecule has 0 saturated heterocycles. The van der Waals surface area contributed by atoms with Crippen LogP contribution in [0.4, 0.5) is 0 Å². The van der Waals surface area contributed by atoms with Crippen molar-refractivity contribution >= 4 is 10.8 Å². The minimum Gasteiger partial charge on any atom is -0.374 e. The molecule has 2 rings (SSSR count). The summed E-state index contributed by atoms with van der Waals surface area (Å²) in [5.74, 6) is 0. The van der Waals surface area contributed by atoms with Gasteiger partial charge in [-0.15, -0.1) is 0 Å². The zero-order valence-corrected chi connectivity index (χ0v) is 13.6. The Hall–Kier alpha value is -1.38. The van der Waals surface area contributed by atoms with Crippen LogP contribution in [0.5, 0.6) is 0 Å². The molecule has 2 atom stereocenters. The standard InChI is InChI=1S/C19H27NO/c1-5-19(4,21-7-3)18(20-6-2)17-13-12-15-10-8-9-11-16(15)14-17/h8-14,18,20H,5-7H2,1-4H3. The molecule has 0 aromatic heterocycles. The van der Waals surface area contributed by atoms with Gasteiger partial charge >= 0.3 is 0 Å². The lowest BCUT2D eigenvalue weighted by Gasteiger charge is -2.37. The first-order chi connectivity index (χ1) is 10.1. The van der Waals surface area contributed by atoms with Crippen molar-refractivity contribution in [1.82, 2.24) is 5.32 Å². The molecule has 0 radical (unpaired) electrons. The van der Waals surface area contributed by atoms with Gasteiger partial charge < -0.3 is 10.1 Å². The topological polar surface area (TPSA) is 21.3 Å². The molecule has 0 amide bonds. The van der Waals surface area contributed by atoms with Crippen LogP contribution in [0.2, 0.25) is 0 Å². The van der Waals surface area contributed by atoms with Crippen LogP contribution < -0.4 is 5.32 Å². The van der Waals surface area contributed by atoms with Crippen LogP contribution >= 0.6 is 0 Å². The summed E-state index contributed by atoms with van der Waals surface area (Å²) in [6.45, 7) is 10.3. The van der Waals surface area contributed by atoms with Crippen molar-refractivity contribution in [3.05, 3.63) is 48.0 Å². The number of ether oxygens (including phenoxy) is 1. The van der Waals surface area contributed by atoms with Gasteiger partial charge in [-0.25, -0.2) is 0 Å². The summed E-state index contributed by atoms with van der Waals surface area (Å²) in [6, 6.07) is 15.4. The van der Waals surface area contributed by atoms with Crippen LogP contribution in [0.1, 0.15) is 45.7 Å². The Morgan fingerprint density at radius 1 is 1.05 bits per heavy atom. The van der Waals surface area contributed by atoms with E-state index in [1.807, 2.05) is 0 Å². The highest BCUT2D eigenvalue weighted by molar-refractivity contribution is 5.83. The second-order valence-electron chi connectivity index (χ2n) is 5.70. The zero-order chi connectivity index (χ0) is 15.3. The molecule has 0 spiro atoms. The van der Waals surface area contributed by atoms with E-state index in [1.165, 1.54) is 16.3 Å². The molecule has 0 heterocycles. The Labute approximate surface area is 128 Å². The molecule has 0 aliphatic carbocycles. The van der Waals surface area contributed by atoms with Gasteiger partial charge in [-0.1, -0.05) is 50.2 Å². The maximum atomic E-state index is 6.10. The first-order valence-electron chi connectivity index (χ1n) is 8.00. The third-order valence-corrected chi connectivity index (χ3v) is 4.30. The van der Waals surface area contributed by atoms with Crippen molar-refractivity contribution in [2.24, 2.45) is 0 Å². The molecule has 1 N–H and O–H groups in total. The maximum absolute atomic E-state index is 6.10. The van der Waals surface area contributed by atoms with E-state index in [0.29, 0.717) is 0 Å². The summed E-state index contributed by atoms with van der Waals surface area (Å²) < 4.78 is 6.10. The smallest absolute Gasteiger partial charge is 0.0845 e. The van der Waals surface area contributed by atoms with Gasteiger partial charge in [-0.3, -0.25) is 0 Å². The van der Waals surface area contributed by atoms with E-state index in [9.17, 15) is 0 Å². The van der Waals surface area contributed by atoms with Crippen molar-refractivity contribution < 1.29 is 4.74 Å². The first kappa shape index (κ1) is 16.0. The molecule has 0 bridgehead atoms. The SMILES string of the molecule is CCNC(c1ccc2ccccc2c1)C(C)(CC)OCC. The van der Waals surface area contributed by atoms with E-state index in [-0.39, 0.29) is 11.6 Å². The summed E-state index contributed by atoms with van der Waals surface area (Å²) in [4.78, 5) is 0. The van der Waals surface area contributed by atoms with Crippen molar-refractivity contribution in [2.45, 2.75) is 45.8 Å². The van der Waals surface area contributed by atoms with Crippen LogP contribution in [0.25, 0.3) is 10.8 Å². The quantitative estimate of drug-likeness (QED) is 0.796. The van der Waals surface area contributed by atoms with Crippen LogP contribution in [0.15, 0.2) is 42.5 Å². The van der Waals surface area contributed by atoms with E-state index in [0.717, 1.165) is 19.6 Å². The van der Waals surface area contributed by atoms with Gasteiger partial charge in [0.05, 0.1) is 11.6 Å². The van der Waals surface area contributed by atoms with E-state index < -0.39 is 0 Å². The molecule has 2 unspecified atom stereocenters. The summed E-state index contributed by atoms with van der Waals surface area (Å²) in [6.07, 6.45) is 0.978. The fraction of sp³-hybridized carbons (Fsp3) is 0.474. The zero-order valence-electron chi connectivity index (χ0n) is 13.6. The van der Waals surface area contributed by atoms with Gasteiger partial charge in [-0.05, 0) is 49.2 Å². The van der Waals surface area contributed by atoms with E-state index >= 15 is 0 Å². The Kier molecular flexibility index (Phi) is 5.38. The lowest BCUT2D eigenvalue weighted by Crippen LogP contribution is -2.43. The van der Waals surface area contributed by atoms with Crippen molar-refractivity contribution in [3.8, 4) is 0 Å². The number of fused-ring (bicyclic) bond motifs is 1.